The average Bonchev–Trinajstić information content (AvgIpc) is 3.00. The number of Topliss-reactive ketones (excluding diaryl/α,β-unsaturated/α-hetero) is 2. The van der Waals surface area contributed by atoms with Gasteiger partial charge in [-0.1, -0.05) is 6.92 Å². The molecule has 0 radical (unpaired) electrons. The van der Waals surface area contributed by atoms with Gasteiger partial charge in [-0.15, -0.1) is 11.3 Å². The highest BCUT2D eigenvalue weighted by molar-refractivity contribution is 7.14. The van der Waals surface area contributed by atoms with Crippen molar-refractivity contribution in [2.45, 2.75) is 19.8 Å². The zero-order chi connectivity index (χ0) is 12.3. The number of thiophene rings is 1. The largest absolute Gasteiger partial charge is 0.461 e. The minimum Gasteiger partial charge on any atom is -0.461 e. The van der Waals surface area contributed by atoms with E-state index < -0.39 is 0 Å². The van der Waals surface area contributed by atoms with Crippen LogP contribution in [0, 0.1) is 0 Å². The summed E-state index contributed by atoms with van der Waals surface area (Å²) in [5.41, 5.74) is 0. The minimum absolute atomic E-state index is 0.128. The molecular formula is C13H12O3S. The number of ketones is 2. The summed E-state index contributed by atoms with van der Waals surface area (Å²) < 4.78 is 4.96. The highest BCUT2D eigenvalue weighted by Crippen LogP contribution is 2.19. The van der Waals surface area contributed by atoms with Gasteiger partial charge in [-0.3, -0.25) is 9.59 Å². The molecule has 3 nitrogen and oxygen atoms in total. The number of rotatable bonds is 5. The van der Waals surface area contributed by atoms with E-state index in [-0.39, 0.29) is 23.7 Å². The van der Waals surface area contributed by atoms with Gasteiger partial charge in [-0.05, 0) is 30.7 Å². The summed E-state index contributed by atoms with van der Waals surface area (Å²) in [5, 5.41) is 0. The Bertz CT molecular complexity index is 523. The lowest BCUT2D eigenvalue weighted by molar-refractivity contribution is 0.0880. The molecule has 0 unspecified atom stereocenters. The van der Waals surface area contributed by atoms with Crippen LogP contribution in [-0.2, 0) is 6.42 Å². The Morgan fingerprint density at radius 1 is 1.24 bits per heavy atom. The van der Waals surface area contributed by atoms with Crippen LogP contribution in [0.15, 0.2) is 34.9 Å². The van der Waals surface area contributed by atoms with Crippen molar-refractivity contribution in [1.82, 2.24) is 0 Å². The van der Waals surface area contributed by atoms with Gasteiger partial charge in [0.25, 0.3) is 0 Å². The van der Waals surface area contributed by atoms with Gasteiger partial charge < -0.3 is 4.42 Å². The molecule has 0 aliphatic rings. The van der Waals surface area contributed by atoms with Crippen molar-refractivity contribution in [3.63, 3.8) is 0 Å². The lowest BCUT2D eigenvalue weighted by Crippen LogP contribution is -2.06. The van der Waals surface area contributed by atoms with E-state index in [0.717, 1.165) is 11.3 Å². The van der Waals surface area contributed by atoms with Crippen LogP contribution in [0.2, 0.25) is 0 Å². The SMILES string of the molecule is CCc1ccc(C(=O)CC(=O)c2ccco2)s1. The number of hydrogen-bond acceptors (Lipinski definition) is 4. The highest BCUT2D eigenvalue weighted by Gasteiger charge is 2.16. The molecule has 0 saturated heterocycles. The van der Waals surface area contributed by atoms with Crippen molar-refractivity contribution in [2.24, 2.45) is 0 Å². The fourth-order valence-corrected chi connectivity index (χ4v) is 2.36. The molecular weight excluding hydrogens is 236 g/mol. The molecule has 0 amide bonds. The first-order valence-corrected chi connectivity index (χ1v) is 6.21. The molecule has 17 heavy (non-hydrogen) atoms. The summed E-state index contributed by atoms with van der Waals surface area (Å²) >= 11 is 1.45. The summed E-state index contributed by atoms with van der Waals surface area (Å²) in [6, 6.07) is 6.91. The van der Waals surface area contributed by atoms with Gasteiger partial charge in [0, 0.05) is 4.88 Å². The van der Waals surface area contributed by atoms with Crippen molar-refractivity contribution >= 4 is 22.9 Å². The molecule has 0 aliphatic carbocycles. The quantitative estimate of drug-likeness (QED) is 0.602. The summed E-state index contributed by atoms with van der Waals surface area (Å²) in [5.74, 6) is -0.173. The second-order valence-corrected chi connectivity index (χ2v) is 4.79. The van der Waals surface area contributed by atoms with E-state index in [2.05, 4.69) is 0 Å². The topological polar surface area (TPSA) is 47.3 Å². The first-order valence-electron chi connectivity index (χ1n) is 5.39. The van der Waals surface area contributed by atoms with E-state index in [4.69, 9.17) is 4.42 Å². The van der Waals surface area contributed by atoms with Crippen LogP contribution in [0.4, 0.5) is 0 Å². The zero-order valence-electron chi connectivity index (χ0n) is 9.43. The van der Waals surface area contributed by atoms with E-state index in [1.54, 1.807) is 18.2 Å². The third-order valence-electron chi connectivity index (χ3n) is 2.40. The first kappa shape index (κ1) is 11.8. The van der Waals surface area contributed by atoms with Crippen LogP contribution in [0.3, 0.4) is 0 Å². The van der Waals surface area contributed by atoms with Gasteiger partial charge in [0.2, 0.25) is 5.78 Å². The Morgan fingerprint density at radius 3 is 2.65 bits per heavy atom. The van der Waals surface area contributed by atoms with Gasteiger partial charge in [-0.2, -0.15) is 0 Å². The van der Waals surface area contributed by atoms with E-state index >= 15 is 0 Å². The van der Waals surface area contributed by atoms with Crippen LogP contribution in [0.5, 0.6) is 0 Å². The van der Waals surface area contributed by atoms with E-state index in [0.29, 0.717) is 4.88 Å². The Hall–Kier alpha value is -1.68. The second-order valence-electron chi connectivity index (χ2n) is 3.62. The molecule has 2 rings (SSSR count). The first-order chi connectivity index (χ1) is 8.20. The van der Waals surface area contributed by atoms with Crippen LogP contribution in [-0.4, -0.2) is 11.6 Å². The third kappa shape index (κ3) is 2.71. The van der Waals surface area contributed by atoms with Crippen LogP contribution >= 0.6 is 11.3 Å². The fraction of sp³-hybridized carbons (Fsp3) is 0.231. The normalized spacial score (nSPS) is 10.4. The van der Waals surface area contributed by atoms with Crippen LogP contribution in [0.25, 0.3) is 0 Å². The fourth-order valence-electron chi connectivity index (χ4n) is 1.48. The van der Waals surface area contributed by atoms with E-state index in [1.165, 1.54) is 17.6 Å². The van der Waals surface area contributed by atoms with Crippen LogP contribution in [0.1, 0.15) is 38.4 Å². The molecule has 2 aromatic heterocycles. The standard InChI is InChI=1S/C13H12O3S/c1-2-9-5-6-13(17-9)11(15)8-10(14)12-4-3-7-16-12/h3-7H,2,8H2,1H3. The number of carbonyl (C=O) groups is 2. The predicted molar refractivity (Wildman–Crippen MR) is 65.7 cm³/mol. The Kier molecular flexibility index (Phi) is 3.54. The molecule has 2 heterocycles. The molecule has 4 heteroatoms. The molecule has 0 atom stereocenters. The Labute approximate surface area is 103 Å². The number of carbonyl (C=O) groups excluding carboxylic acids is 2. The Balaban J connectivity index is 2.04. The maximum absolute atomic E-state index is 11.8. The second kappa shape index (κ2) is 5.10. The molecule has 0 saturated carbocycles. The Morgan fingerprint density at radius 2 is 2.06 bits per heavy atom. The molecule has 0 spiro atoms. The van der Waals surface area contributed by atoms with Gasteiger partial charge in [0.05, 0.1) is 17.6 Å². The van der Waals surface area contributed by atoms with Gasteiger partial charge in [0.15, 0.2) is 11.5 Å². The maximum Gasteiger partial charge on any atom is 0.205 e. The molecule has 0 fully saturated rings. The summed E-state index contributed by atoms with van der Waals surface area (Å²) in [7, 11) is 0. The molecule has 2 aromatic rings. The van der Waals surface area contributed by atoms with Gasteiger partial charge >= 0.3 is 0 Å². The van der Waals surface area contributed by atoms with Crippen LogP contribution < -0.4 is 0 Å². The molecule has 0 bridgehead atoms. The summed E-state index contributed by atoms with van der Waals surface area (Å²) in [6.07, 6.45) is 2.21. The lowest BCUT2D eigenvalue weighted by atomic mass is 10.1. The number of hydrogen-bond donors (Lipinski definition) is 0. The van der Waals surface area contributed by atoms with Crippen molar-refractivity contribution in [3.05, 3.63) is 46.0 Å². The van der Waals surface area contributed by atoms with Crippen molar-refractivity contribution in [2.75, 3.05) is 0 Å². The van der Waals surface area contributed by atoms with Gasteiger partial charge in [-0.25, -0.2) is 0 Å². The van der Waals surface area contributed by atoms with E-state index in [9.17, 15) is 9.59 Å². The van der Waals surface area contributed by atoms with Crippen molar-refractivity contribution < 1.29 is 14.0 Å². The lowest BCUT2D eigenvalue weighted by Gasteiger charge is -1.95. The minimum atomic E-state index is -0.272. The molecule has 0 aromatic carbocycles. The number of furan rings is 1. The smallest absolute Gasteiger partial charge is 0.205 e. The third-order valence-corrected chi connectivity index (χ3v) is 3.67. The summed E-state index contributed by atoms with van der Waals surface area (Å²) in [6.45, 7) is 2.04. The molecule has 88 valence electrons. The van der Waals surface area contributed by atoms with E-state index in [1.807, 2.05) is 13.0 Å². The number of aryl methyl sites for hydroxylation is 1. The molecule has 0 aliphatic heterocycles. The monoisotopic (exact) mass is 248 g/mol. The molecule has 0 N–H and O–H groups in total. The zero-order valence-corrected chi connectivity index (χ0v) is 10.3. The van der Waals surface area contributed by atoms with Crippen molar-refractivity contribution in [1.29, 1.82) is 0 Å². The van der Waals surface area contributed by atoms with Gasteiger partial charge in [0.1, 0.15) is 0 Å². The summed E-state index contributed by atoms with van der Waals surface area (Å²) in [4.78, 5) is 25.3. The van der Waals surface area contributed by atoms with Crippen molar-refractivity contribution in [3.8, 4) is 0 Å². The highest BCUT2D eigenvalue weighted by atomic mass is 32.1. The average molecular weight is 248 g/mol. The predicted octanol–water partition coefficient (Wildman–Crippen LogP) is 3.36. The maximum atomic E-state index is 11.8.